The fourth-order valence-electron chi connectivity index (χ4n) is 2.84. The van der Waals surface area contributed by atoms with Gasteiger partial charge < -0.3 is 9.72 Å². The third kappa shape index (κ3) is 3.67. The van der Waals surface area contributed by atoms with Gasteiger partial charge in [-0.1, -0.05) is 0 Å². The highest BCUT2D eigenvalue weighted by Gasteiger charge is 2.26. The molecule has 0 spiro atoms. The maximum absolute atomic E-state index is 13.7. The van der Waals surface area contributed by atoms with E-state index in [1.807, 2.05) is 0 Å². The molecule has 0 bridgehead atoms. The van der Waals surface area contributed by atoms with E-state index in [2.05, 4.69) is 14.7 Å². The molecule has 1 fully saturated rings. The zero-order valence-corrected chi connectivity index (χ0v) is 14.0. The van der Waals surface area contributed by atoms with Crippen LogP contribution in [0, 0.1) is 11.6 Å². The Balaban J connectivity index is 1.61. The van der Waals surface area contributed by atoms with Crippen LogP contribution in [0.1, 0.15) is 32.6 Å². The molecule has 2 N–H and O–H groups in total. The van der Waals surface area contributed by atoms with Crippen molar-refractivity contribution < 1.29 is 21.9 Å². The van der Waals surface area contributed by atoms with Gasteiger partial charge in [-0.05, 0) is 44.7 Å². The van der Waals surface area contributed by atoms with Gasteiger partial charge in [-0.25, -0.2) is 21.9 Å². The first-order chi connectivity index (χ1) is 11.4. The van der Waals surface area contributed by atoms with Crippen molar-refractivity contribution in [2.24, 2.45) is 0 Å². The SMILES string of the molecule is CCS(=O)(=O)NC1CCC(Oc2nc3c(F)c(F)ccc3[nH]2)CC1. The number of sulfonamides is 1. The van der Waals surface area contributed by atoms with Crippen LogP contribution < -0.4 is 9.46 Å². The number of nitrogens with one attached hydrogen (secondary N) is 2. The molecule has 1 aromatic heterocycles. The van der Waals surface area contributed by atoms with E-state index < -0.39 is 21.7 Å². The van der Waals surface area contributed by atoms with Gasteiger partial charge in [0.15, 0.2) is 11.6 Å². The van der Waals surface area contributed by atoms with E-state index in [4.69, 9.17) is 4.74 Å². The standard InChI is InChI=1S/C15H19F2N3O3S/c1-2-24(21,22)20-9-3-5-10(6-4-9)23-15-18-12-8-7-11(16)13(17)14(12)19-15/h7-10,20H,2-6H2,1H3,(H,18,19). The second kappa shape index (κ2) is 6.64. The summed E-state index contributed by atoms with van der Waals surface area (Å²) in [4.78, 5) is 6.77. The number of aromatic amines is 1. The molecule has 0 saturated heterocycles. The van der Waals surface area contributed by atoms with Gasteiger partial charge in [0.2, 0.25) is 10.0 Å². The number of fused-ring (bicyclic) bond motifs is 1. The molecule has 2 aromatic rings. The first kappa shape index (κ1) is 17.1. The molecule has 0 aliphatic heterocycles. The van der Waals surface area contributed by atoms with Crippen LogP contribution in [-0.4, -0.2) is 36.3 Å². The van der Waals surface area contributed by atoms with E-state index in [0.717, 1.165) is 6.07 Å². The summed E-state index contributed by atoms with van der Waals surface area (Å²) in [7, 11) is -3.21. The number of H-pyrrole nitrogens is 1. The molecule has 0 atom stereocenters. The first-order valence-electron chi connectivity index (χ1n) is 7.88. The van der Waals surface area contributed by atoms with Crippen LogP contribution in [-0.2, 0) is 10.0 Å². The number of rotatable bonds is 5. The Morgan fingerprint density at radius 2 is 2.00 bits per heavy atom. The lowest BCUT2D eigenvalue weighted by atomic mass is 9.94. The van der Waals surface area contributed by atoms with E-state index in [0.29, 0.717) is 31.2 Å². The number of imidazole rings is 1. The third-order valence-corrected chi connectivity index (χ3v) is 5.66. The maximum atomic E-state index is 13.7. The van der Waals surface area contributed by atoms with E-state index in [1.54, 1.807) is 6.92 Å². The van der Waals surface area contributed by atoms with Crippen molar-refractivity contribution in [2.45, 2.75) is 44.8 Å². The molecule has 9 heteroatoms. The summed E-state index contributed by atoms with van der Waals surface area (Å²) in [6.07, 6.45) is 2.50. The number of benzene rings is 1. The van der Waals surface area contributed by atoms with Gasteiger partial charge in [-0.3, -0.25) is 0 Å². The van der Waals surface area contributed by atoms with Crippen molar-refractivity contribution >= 4 is 21.1 Å². The Morgan fingerprint density at radius 1 is 1.29 bits per heavy atom. The minimum absolute atomic E-state index is 0.0601. The molecule has 1 aliphatic carbocycles. The van der Waals surface area contributed by atoms with E-state index >= 15 is 0 Å². The summed E-state index contributed by atoms with van der Waals surface area (Å²) in [5, 5.41) is 0. The fraction of sp³-hybridized carbons (Fsp3) is 0.533. The average molecular weight is 359 g/mol. The van der Waals surface area contributed by atoms with Gasteiger partial charge in [-0.2, -0.15) is 4.98 Å². The lowest BCUT2D eigenvalue weighted by molar-refractivity contribution is 0.134. The Labute approximate surface area is 138 Å². The van der Waals surface area contributed by atoms with Crippen LogP contribution in [0.15, 0.2) is 12.1 Å². The van der Waals surface area contributed by atoms with Gasteiger partial charge >= 0.3 is 0 Å². The van der Waals surface area contributed by atoms with Crippen LogP contribution in [0.3, 0.4) is 0 Å². The molecule has 0 amide bonds. The van der Waals surface area contributed by atoms with E-state index in [-0.39, 0.29) is 29.4 Å². The molecular weight excluding hydrogens is 340 g/mol. The summed E-state index contributed by atoms with van der Waals surface area (Å²) in [5.41, 5.74) is 0.280. The molecule has 1 heterocycles. The smallest absolute Gasteiger partial charge is 0.294 e. The fourth-order valence-corrected chi connectivity index (χ4v) is 3.75. The number of hydrogen-bond donors (Lipinski definition) is 2. The molecule has 3 rings (SSSR count). The Hall–Kier alpha value is -1.74. The summed E-state index contributed by atoms with van der Waals surface area (Å²) < 4.78 is 58.4. The predicted octanol–water partition coefficient (Wildman–Crippen LogP) is 2.47. The minimum Gasteiger partial charge on any atom is -0.461 e. The number of nitrogens with zero attached hydrogens (tertiary/aromatic N) is 1. The summed E-state index contributed by atoms with van der Waals surface area (Å²) in [5.74, 6) is -1.90. The first-order valence-corrected chi connectivity index (χ1v) is 9.53. The zero-order valence-electron chi connectivity index (χ0n) is 13.2. The second-order valence-corrected chi connectivity index (χ2v) is 7.95. The Morgan fingerprint density at radius 3 is 2.67 bits per heavy atom. The largest absolute Gasteiger partial charge is 0.461 e. The zero-order chi connectivity index (χ0) is 17.3. The molecule has 0 unspecified atom stereocenters. The molecule has 1 saturated carbocycles. The van der Waals surface area contributed by atoms with Crippen LogP contribution in [0.2, 0.25) is 0 Å². The lowest BCUT2D eigenvalue weighted by Crippen LogP contribution is -2.40. The lowest BCUT2D eigenvalue weighted by Gasteiger charge is -2.28. The van der Waals surface area contributed by atoms with Crippen LogP contribution in [0.25, 0.3) is 11.0 Å². The van der Waals surface area contributed by atoms with Crippen molar-refractivity contribution in [3.63, 3.8) is 0 Å². The topological polar surface area (TPSA) is 84.1 Å². The molecule has 0 radical (unpaired) electrons. The van der Waals surface area contributed by atoms with Gasteiger partial charge in [0.1, 0.15) is 11.6 Å². The normalized spacial score (nSPS) is 22.0. The van der Waals surface area contributed by atoms with Crippen LogP contribution >= 0.6 is 0 Å². The van der Waals surface area contributed by atoms with Crippen molar-refractivity contribution in [2.75, 3.05) is 5.75 Å². The number of ether oxygens (including phenoxy) is 1. The molecule has 6 nitrogen and oxygen atoms in total. The Kier molecular flexibility index (Phi) is 4.73. The summed E-state index contributed by atoms with van der Waals surface area (Å²) >= 11 is 0. The summed E-state index contributed by atoms with van der Waals surface area (Å²) in [6.45, 7) is 1.60. The number of hydrogen-bond acceptors (Lipinski definition) is 4. The molecule has 1 aliphatic rings. The molecule has 1 aromatic carbocycles. The number of halogens is 2. The van der Waals surface area contributed by atoms with Gasteiger partial charge in [0.25, 0.3) is 6.01 Å². The highest BCUT2D eigenvalue weighted by atomic mass is 32.2. The predicted molar refractivity (Wildman–Crippen MR) is 85.3 cm³/mol. The van der Waals surface area contributed by atoms with Crippen LogP contribution in [0.5, 0.6) is 6.01 Å². The van der Waals surface area contributed by atoms with Crippen molar-refractivity contribution in [1.82, 2.24) is 14.7 Å². The van der Waals surface area contributed by atoms with Crippen LogP contribution in [0.4, 0.5) is 8.78 Å². The van der Waals surface area contributed by atoms with E-state index in [9.17, 15) is 17.2 Å². The van der Waals surface area contributed by atoms with Gasteiger partial charge in [0, 0.05) is 6.04 Å². The second-order valence-electron chi connectivity index (χ2n) is 5.91. The minimum atomic E-state index is -3.21. The molecule has 132 valence electrons. The monoisotopic (exact) mass is 359 g/mol. The quantitative estimate of drug-likeness (QED) is 0.859. The maximum Gasteiger partial charge on any atom is 0.294 e. The molecule has 24 heavy (non-hydrogen) atoms. The van der Waals surface area contributed by atoms with Crippen molar-refractivity contribution in [1.29, 1.82) is 0 Å². The Bertz CT molecular complexity index is 830. The van der Waals surface area contributed by atoms with Gasteiger partial charge in [-0.15, -0.1) is 0 Å². The number of aromatic nitrogens is 2. The van der Waals surface area contributed by atoms with E-state index in [1.165, 1.54) is 6.07 Å². The highest BCUT2D eigenvalue weighted by molar-refractivity contribution is 7.89. The van der Waals surface area contributed by atoms with Crippen molar-refractivity contribution in [3.05, 3.63) is 23.8 Å². The highest BCUT2D eigenvalue weighted by Crippen LogP contribution is 2.26. The van der Waals surface area contributed by atoms with Gasteiger partial charge in [0.05, 0.1) is 11.3 Å². The average Bonchev–Trinajstić information content (AvgIpc) is 2.96. The summed E-state index contributed by atoms with van der Waals surface area (Å²) in [6, 6.07) is 2.50. The molecular formula is C15H19F2N3O3S. The third-order valence-electron chi connectivity index (χ3n) is 4.20. The van der Waals surface area contributed by atoms with Crippen molar-refractivity contribution in [3.8, 4) is 6.01 Å².